The van der Waals surface area contributed by atoms with Gasteiger partial charge in [0.25, 0.3) is 5.91 Å². The molecule has 4 aromatic heterocycles. The predicted molar refractivity (Wildman–Crippen MR) is 129 cm³/mol. The molecule has 162 valence electrons. The summed E-state index contributed by atoms with van der Waals surface area (Å²) in [5.41, 5.74) is 4.56. The van der Waals surface area contributed by atoms with Crippen LogP contribution >= 0.6 is 0 Å². The Hall–Kier alpha value is -4.33. The van der Waals surface area contributed by atoms with Crippen molar-refractivity contribution >= 4 is 50.2 Å². The number of aryl methyl sites for hydroxylation is 2. The molecule has 4 heterocycles. The fourth-order valence-corrected chi connectivity index (χ4v) is 4.34. The van der Waals surface area contributed by atoms with Crippen LogP contribution in [0.4, 0.5) is 5.95 Å². The van der Waals surface area contributed by atoms with E-state index in [1.54, 1.807) is 4.52 Å². The monoisotopic (exact) mass is 435 g/mol. The van der Waals surface area contributed by atoms with Crippen LogP contribution < -0.4 is 5.32 Å². The number of aromatic nitrogens is 6. The summed E-state index contributed by atoms with van der Waals surface area (Å²) in [4.78, 5) is 30.4. The van der Waals surface area contributed by atoms with Crippen molar-refractivity contribution in [3.8, 4) is 0 Å². The average Bonchev–Trinajstić information content (AvgIpc) is 3.42. The number of para-hydroxylation sites is 2. The Labute approximate surface area is 188 Å². The Bertz CT molecular complexity index is 1700. The van der Waals surface area contributed by atoms with Crippen LogP contribution in [0.25, 0.3) is 38.4 Å². The molecule has 33 heavy (non-hydrogen) atoms. The van der Waals surface area contributed by atoms with Gasteiger partial charge in [0.1, 0.15) is 11.5 Å². The van der Waals surface area contributed by atoms with Gasteiger partial charge in [0, 0.05) is 28.1 Å². The molecule has 0 radical (unpaired) electrons. The molecule has 6 aromatic rings. The number of rotatable bonds is 4. The van der Waals surface area contributed by atoms with Gasteiger partial charge < -0.3 is 4.98 Å². The summed E-state index contributed by atoms with van der Waals surface area (Å²) in [6.07, 6.45) is 1.69. The number of hydrogen-bond donors (Lipinski definition) is 2. The maximum atomic E-state index is 13.1. The van der Waals surface area contributed by atoms with Gasteiger partial charge in [-0.05, 0) is 37.6 Å². The molecule has 0 spiro atoms. The highest BCUT2D eigenvalue weighted by atomic mass is 16.2. The number of carbonyl (C=O) groups excluding carboxylic acids is 1. The van der Waals surface area contributed by atoms with Crippen LogP contribution in [0.5, 0.6) is 0 Å². The quantitative estimate of drug-likeness (QED) is 0.413. The van der Waals surface area contributed by atoms with Crippen LogP contribution in [0.1, 0.15) is 35.4 Å². The van der Waals surface area contributed by atoms with E-state index < -0.39 is 0 Å². The molecular weight excluding hydrogens is 414 g/mol. The minimum Gasteiger partial charge on any atom is -0.353 e. The highest BCUT2D eigenvalue weighted by molar-refractivity contribution is 6.11. The highest BCUT2D eigenvalue weighted by Crippen LogP contribution is 2.27. The predicted octanol–water partition coefficient (Wildman–Crippen LogP) is 4.82. The topological polar surface area (TPSA) is 101 Å². The van der Waals surface area contributed by atoms with Gasteiger partial charge in [0.05, 0.1) is 16.7 Å². The number of nitrogens with one attached hydrogen (secondary N) is 2. The van der Waals surface area contributed by atoms with Crippen molar-refractivity contribution in [3.63, 3.8) is 0 Å². The normalized spacial score (nSPS) is 11.7. The largest absolute Gasteiger partial charge is 0.353 e. The Kier molecular flexibility index (Phi) is 4.33. The third kappa shape index (κ3) is 3.10. The minimum atomic E-state index is -0.351. The van der Waals surface area contributed by atoms with Crippen LogP contribution in [0.2, 0.25) is 0 Å². The summed E-state index contributed by atoms with van der Waals surface area (Å²) in [5, 5.41) is 10.3. The van der Waals surface area contributed by atoms with E-state index in [9.17, 15) is 4.79 Å². The lowest BCUT2D eigenvalue weighted by Gasteiger charge is -2.04. The molecule has 0 saturated heterocycles. The van der Waals surface area contributed by atoms with E-state index in [4.69, 9.17) is 4.98 Å². The molecule has 2 aromatic carbocycles. The molecule has 0 fully saturated rings. The van der Waals surface area contributed by atoms with E-state index in [1.807, 2.05) is 61.5 Å². The third-order valence-electron chi connectivity index (χ3n) is 5.85. The second-order valence-electron chi connectivity index (χ2n) is 8.11. The van der Waals surface area contributed by atoms with Crippen molar-refractivity contribution in [3.05, 3.63) is 71.8 Å². The van der Waals surface area contributed by atoms with E-state index in [0.717, 1.165) is 57.1 Å². The summed E-state index contributed by atoms with van der Waals surface area (Å²) in [5.74, 6) is 0.692. The summed E-state index contributed by atoms with van der Waals surface area (Å²) in [6.45, 7) is 3.99. The first kappa shape index (κ1) is 19.4. The lowest BCUT2D eigenvalue weighted by atomic mass is 10.1. The van der Waals surface area contributed by atoms with Crippen LogP contribution in [-0.4, -0.2) is 35.5 Å². The fourth-order valence-electron chi connectivity index (χ4n) is 4.34. The first-order valence-corrected chi connectivity index (χ1v) is 11.0. The maximum absolute atomic E-state index is 13.1. The third-order valence-corrected chi connectivity index (χ3v) is 5.85. The summed E-state index contributed by atoms with van der Waals surface area (Å²) >= 11 is 0. The number of H-pyrrole nitrogens is 1. The number of nitrogens with zero attached hydrogens (tertiary/aromatic N) is 5. The molecule has 0 bridgehead atoms. The fraction of sp³-hybridized carbons (Fsp3) is 0.160. The highest BCUT2D eigenvalue weighted by Gasteiger charge is 2.18. The molecule has 1 amide bonds. The Morgan fingerprint density at radius 1 is 1.00 bits per heavy atom. The number of hydrogen-bond acceptors (Lipinski definition) is 5. The van der Waals surface area contributed by atoms with Crippen LogP contribution in [0.3, 0.4) is 0 Å². The Balaban J connectivity index is 1.43. The average molecular weight is 435 g/mol. The van der Waals surface area contributed by atoms with E-state index in [1.165, 1.54) is 0 Å². The molecule has 0 aliphatic carbocycles. The van der Waals surface area contributed by atoms with Crippen molar-refractivity contribution < 1.29 is 4.79 Å². The van der Waals surface area contributed by atoms with Gasteiger partial charge in [-0.3, -0.25) is 10.1 Å². The zero-order valence-corrected chi connectivity index (χ0v) is 18.3. The zero-order chi connectivity index (χ0) is 22.5. The lowest BCUT2D eigenvalue weighted by molar-refractivity contribution is 0.102. The van der Waals surface area contributed by atoms with Gasteiger partial charge in [-0.2, -0.15) is 9.50 Å². The second-order valence-corrected chi connectivity index (χ2v) is 8.11. The van der Waals surface area contributed by atoms with Crippen molar-refractivity contribution in [2.24, 2.45) is 0 Å². The minimum absolute atomic E-state index is 0.231. The van der Waals surface area contributed by atoms with Crippen molar-refractivity contribution in [1.82, 2.24) is 29.5 Å². The molecule has 0 saturated carbocycles. The van der Waals surface area contributed by atoms with Gasteiger partial charge in [-0.15, -0.1) is 5.10 Å². The molecule has 8 heteroatoms. The zero-order valence-electron chi connectivity index (χ0n) is 18.3. The number of pyridine rings is 1. The van der Waals surface area contributed by atoms with Crippen LogP contribution in [-0.2, 0) is 6.42 Å². The van der Waals surface area contributed by atoms with E-state index in [0.29, 0.717) is 11.3 Å². The van der Waals surface area contributed by atoms with E-state index >= 15 is 0 Å². The van der Waals surface area contributed by atoms with Gasteiger partial charge in [0.2, 0.25) is 5.95 Å². The number of carbonyl (C=O) groups is 1. The van der Waals surface area contributed by atoms with Crippen molar-refractivity contribution in [2.75, 3.05) is 5.32 Å². The Morgan fingerprint density at radius 3 is 2.64 bits per heavy atom. The number of benzene rings is 2. The van der Waals surface area contributed by atoms with Gasteiger partial charge >= 0.3 is 0 Å². The molecule has 2 N–H and O–H groups in total. The summed E-state index contributed by atoms with van der Waals surface area (Å²) in [7, 11) is 0. The summed E-state index contributed by atoms with van der Waals surface area (Å²) in [6, 6.07) is 17.6. The number of fused-ring (bicyclic) bond motifs is 6. The van der Waals surface area contributed by atoms with Crippen LogP contribution in [0.15, 0.2) is 54.6 Å². The second kappa shape index (κ2) is 7.37. The standard InChI is InChI=1S/C25H21N7O/c1-3-8-21-27-19-12-7-5-10-16(19)23-29-25(31-32(21)23)30-24(33)20-13-17-15-9-4-6-11-18(15)28-22(17)14(2)26-20/h4-7,9-13,28H,3,8H2,1-2H3,(H,30,31,33). The first-order chi connectivity index (χ1) is 16.1. The van der Waals surface area contributed by atoms with E-state index in [2.05, 4.69) is 32.3 Å². The first-order valence-electron chi connectivity index (χ1n) is 11.0. The lowest BCUT2D eigenvalue weighted by Crippen LogP contribution is -2.15. The molecule has 0 aliphatic heterocycles. The molecule has 0 unspecified atom stereocenters. The van der Waals surface area contributed by atoms with Crippen LogP contribution in [0, 0.1) is 6.92 Å². The smallest absolute Gasteiger partial charge is 0.276 e. The molecule has 0 aliphatic rings. The summed E-state index contributed by atoms with van der Waals surface area (Å²) < 4.78 is 1.73. The van der Waals surface area contributed by atoms with Crippen molar-refractivity contribution in [1.29, 1.82) is 0 Å². The van der Waals surface area contributed by atoms with Gasteiger partial charge in [-0.25, -0.2) is 9.97 Å². The van der Waals surface area contributed by atoms with E-state index in [-0.39, 0.29) is 11.9 Å². The van der Waals surface area contributed by atoms with Gasteiger partial charge in [-0.1, -0.05) is 37.3 Å². The molecule has 0 atom stereocenters. The van der Waals surface area contributed by atoms with Crippen molar-refractivity contribution in [2.45, 2.75) is 26.7 Å². The molecule has 8 nitrogen and oxygen atoms in total. The number of anilines is 1. The molecular formula is C25H21N7O. The van der Waals surface area contributed by atoms with Gasteiger partial charge in [0.15, 0.2) is 5.65 Å². The SMILES string of the molecule is CCCc1nc2ccccc2c2nc(NC(=O)c3cc4c([nH]c5ccccc54)c(C)n3)nn12. The Morgan fingerprint density at radius 2 is 1.79 bits per heavy atom. The molecule has 6 rings (SSSR count). The number of amides is 1. The number of aromatic amines is 1. The maximum Gasteiger partial charge on any atom is 0.276 e.